The van der Waals surface area contributed by atoms with Gasteiger partial charge in [0.1, 0.15) is 0 Å². The van der Waals surface area contributed by atoms with E-state index in [1.807, 2.05) is 6.07 Å². The number of rotatable bonds is 2. The minimum atomic E-state index is -0.387. The molecule has 114 valence electrons. The van der Waals surface area contributed by atoms with Crippen molar-refractivity contribution in [3.8, 4) is 0 Å². The van der Waals surface area contributed by atoms with Gasteiger partial charge < -0.3 is 14.4 Å². The molecule has 1 aromatic rings. The number of methoxy groups -OCH3 is 1. The molecule has 0 N–H and O–H groups in total. The van der Waals surface area contributed by atoms with Crippen LogP contribution < -0.4 is 4.90 Å². The van der Waals surface area contributed by atoms with E-state index < -0.39 is 0 Å². The van der Waals surface area contributed by atoms with E-state index in [0.29, 0.717) is 11.1 Å². The molecule has 0 atom stereocenters. The summed E-state index contributed by atoms with van der Waals surface area (Å²) in [6.45, 7) is 3.60. The van der Waals surface area contributed by atoms with Crippen LogP contribution in [-0.2, 0) is 9.47 Å². The monoisotopic (exact) mass is 354 g/mol. The van der Waals surface area contributed by atoms with Crippen LogP contribution >= 0.6 is 15.9 Å². The van der Waals surface area contributed by atoms with Gasteiger partial charge in [0.15, 0.2) is 5.69 Å². The van der Waals surface area contributed by atoms with Crippen LogP contribution in [0.4, 0.5) is 5.69 Å². The lowest BCUT2D eigenvalue weighted by Gasteiger charge is -2.39. The number of nitrogens with zero attached hydrogens (tertiary/aromatic N) is 2. The second-order valence-electron chi connectivity index (χ2n) is 5.80. The molecule has 2 fully saturated rings. The zero-order valence-corrected chi connectivity index (χ0v) is 13.7. The Morgan fingerprint density at radius 3 is 2.81 bits per heavy atom. The Kier molecular flexibility index (Phi) is 4.17. The van der Waals surface area contributed by atoms with Gasteiger partial charge in [-0.05, 0) is 46.7 Å². The number of aromatic nitrogens is 1. The van der Waals surface area contributed by atoms with Crippen LogP contribution in [0.1, 0.15) is 29.8 Å². The number of pyridine rings is 1. The summed E-state index contributed by atoms with van der Waals surface area (Å²) in [5.74, 6) is -0.387. The Morgan fingerprint density at radius 2 is 2.19 bits per heavy atom. The number of carbonyl (C=O) groups is 1. The molecule has 1 spiro atoms. The Labute approximate surface area is 132 Å². The van der Waals surface area contributed by atoms with Crippen molar-refractivity contribution in [1.29, 1.82) is 0 Å². The first-order chi connectivity index (χ1) is 10.1. The third-order valence-electron chi connectivity index (χ3n) is 4.56. The summed E-state index contributed by atoms with van der Waals surface area (Å²) in [5.41, 5.74) is 1.59. The maximum Gasteiger partial charge on any atom is 0.358 e. The largest absolute Gasteiger partial charge is 0.464 e. The van der Waals surface area contributed by atoms with Gasteiger partial charge in [-0.2, -0.15) is 0 Å². The number of esters is 1. The molecule has 0 aromatic carbocycles. The number of anilines is 1. The average Bonchev–Trinajstić information content (AvgIpc) is 2.95. The minimum absolute atomic E-state index is 0.349. The van der Waals surface area contributed by atoms with Crippen LogP contribution in [0.3, 0.4) is 0 Å². The second-order valence-corrected chi connectivity index (χ2v) is 6.72. The molecule has 3 rings (SSSR count). The number of piperidine rings is 1. The van der Waals surface area contributed by atoms with Gasteiger partial charge in [-0.25, -0.2) is 9.78 Å². The lowest BCUT2D eigenvalue weighted by molar-refractivity contribution is 0.0594. The summed E-state index contributed by atoms with van der Waals surface area (Å²) in [4.78, 5) is 18.3. The molecule has 6 heteroatoms. The third-order valence-corrected chi connectivity index (χ3v) is 5.00. The summed E-state index contributed by atoms with van der Waals surface area (Å²) >= 11 is 3.43. The van der Waals surface area contributed by atoms with Crippen molar-refractivity contribution in [1.82, 2.24) is 4.98 Å². The van der Waals surface area contributed by atoms with Gasteiger partial charge in [-0.3, -0.25) is 0 Å². The Balaban J connectivity index is 1.81. The Bertz CT molecular complexity index is 534. The van der Waals surface area contributed by atoms with Crippen molar-refractivity contribution in [2.75, 3.05) is 38.3 Å². The quantitative estimate of drug-likeness (QED) is 0.764. The zero-order chi connectivity index (χ0) is 14.9. The van der Waals surface area contributed by atoms with Gasteiger partial charge in [-0.1, -0.05) is 0 Å². The molecule has 2 saturated heterocycles. The van der Waals surface area contributed by atoms with Crippen molar-refractivity contribution in [2.45, 2.75) is 19.3 Å². The second kappa shape index (κ2) is 5.93. The van der Waals surface area contributed by atoms with Crippen molar-refractivity contribution in [3.05, 3.63) is 22.4 Å². The highest BCUT2D eigenvalue weighted by Gasteiger charge is 2.38. The first kappa shape index (κ1) is 14.8. The Morgan fingerprint density at radius 1 is 1.43 bits per heavy atom. The smallest absolute Gasteiger partial charge is 0.358 e. The fourth-order valence-corrected chi connectivity index (χ4v) is 3.51. The first-order valence-corrected chi connectivity index (χ1v) is 7.99. The lowest BCUT2D eigenvalue weighted by atomic mass is 9.78. The zero-order valence-electron chi connectivity index (χ0n) is 12.1. The third kappa shape index (κ3) is 2.92. The van der Waals surface area contributed by atoms with E-state index in [0.717, 1.165) is 55.7 Å². The van der Waals surface area contributed by atoms with Crippen LogP contribution in [0.5, 0.6) is 0 Å². The molecule has 0 bridgehead atoms. The van der Waals surface area contributed by atoms with Gasteiger partial charge in [-0.15, -0.1) is 0 Å². The molecule has 0 amide bonds. The predicted molar refractivity (Wildman–Crippen MR) is 82.6 cm³/mol. The van der Waals surface area contributed by atoms with Gasteiger partial charge in [0.2, 0.25) is 0 Å². The minimum Gasteiger partial charge on any atom is -0.464 e. The number of halogens is 1. The molecular formula is C15H19BrN2O3. The summed E-state index contributed by atoms with van der Waals surface area (Å²) in [5, 5.41) is 0. The molecule has 1 aromatic heterocycles. The number of hydrogen-bond donors (Lipinski definition) is 0. The van der Waals surface area contributed by atoms with Gasteiger partial charge in [0.25, 0.3) is 0 Å². The lowest BCUT2D eigenvalue weighted by Crippen LogP contribution is -2.41. The van der Waals surface area contributed by atoms with Gasteiger partial charge in [0.05, 0.1) is 19.4 Å². The highest BCUT2D eigenvalue weighted by atomic mass is 79.9. The number of carbonyl (C=O) groups excluding carboxylic acids is 1. The van der Waals surface area contributed by atoms with Gasteiger partial charge >= 0.3 is 5.97 Å². The number of hydrogen-bond acceptors (Lipinski definition) is 5. The fourth-order valence-electron chi connectivity index (χ4n) is 3.19. The maximum absolute atomic E-state index is 11.9. The highest BCUT2D eigenvalue weighted by molar-refractivity contribution is 9.10. The molecular weight excluding hydrogens is 336 g/mol. The van der Waals surface area contributed by atoms with E-state index in [1.165, 1.54) is 7.11 Å². The van der Waals surface area contributed by atoms with Crippen LogP contribution in [0.15, 0.2) is 16.7 Å². The average molecular weight is 355 g/mol. The number of ether oxygens (including phenoxy) is 2. The van der Waals surface area contributed by atoms with Crippen LogP contribution in [0.2, 0.25) is 0 Å². The summed E-state index contributed by atoms with van der Waals surface area (Å²) in [6.07, 6.45) is 4.98. The molecule has 2 aliphatic rings. The van der Waals surface area contributed by atoms with Crippen molar-refractivity contribution in [3.63, 3.8) is 0 Å². The summed E-state index contributed by atoms with van der Waals surface area (Å²) < 4.78 is 11.3. The normalized spacial score (nSPS) is 20.8. The van der Waals surface area contributed by atoms with Crippen LogP contribution in [-0.4, -0.2) is 44.4 Å². The molecule has 0 saturated carbocycles. The molecule has 0 aliphatic carbocycles. The summed E-state index contributed by atoms with van der Waals surface area (Å²) in [7, 11) is 1.39. The maximum atomic E-state index is 11.9. The predicted octanol–water partition coefficient (Wildman–Crippen LogP) is 2.64. The van der Waals surface area contributed by atoms with E-state index in [1.54, 1.807) is 6.20 Å². The summed E-state index contributed by atoms with van der Waals surface area (Å²) in [6, 6.07) is 1.95. The van der Waals surface area contributed by atoms with E-state index in [9.17, 15) is 4.79 Å². The van der Waals surface area contributed by atoms with Crippen molar-refractivity contribution < 1.29 is 14.3 Å². The van der Waals surface area contributed by atoms with E-state index in [-0.39, 0.29) is 5.97 Å². The first-order valence-electron chi connectivity index (χ1n) is 7.20. The van der Waals surface area contributed by atoms with E-state index in [4.69, 9.17) is 9.47 Å². The van der Waals surface area contributed by atoms with Gasteiger partial charge in [0, 0.05) is 30.4 Å². The molecule has 0 unspecified atom stereocenters. The van der Waals surface area contributed by atoms with E-state index >= 15 is 0 Å². The molecule has 2 aliphatic heterocycles. The topological polar surface area (TPSA) is 51.7 Å². The fraction of sp³-hybridized carbons (Fsp3) is 0.600. The molecule has 21 heavy (non-hydrogen) atoms. The van der Waals surface area contributed by atoms with E-state index in [2.05, 4.69) is 25.8 Å². The molecule has 3 heterocycles. The molecule has 5 nitrogen and oxygen atoms in total. The van der Waals surface area contributed by atoms with Crippen molar-refractivity contribution in [2.24, 2.45) is 5.41 Å². The van der Waals surface area contributed by atoms with Crippen molar-refractivity contribution >= 4 is 27.6 Å². The highest BCUT2D eigenvalue weighted by Crippen LogP contribution is 2.40. The standard InChI is InChI=1S/C15H19BrN2O3/c1-20-14(19)13-12(8-11(16)9-17-13)18-5-2-15(3-6-18)4-7-21-10-15/h8-9H,2-7,10H2,1H3. The van der Waals surface area contributed by atoms with Crippen LogP contribution in [0, 0.1) is 5.41 Å². The SMILES string of the molecule is COC(=O)c1ncc(Br)cc1N1CCC2(CCOC2)CC1. The van der Waals surface area contributed by atoms with Crippen LogP contribution in [0.25, 0.3) is 0 Å². The Hall–Kier alpha value is -1.14. The molecule has 0 radical (unpaired) electrons.